The second-order valence-corrected chi connectivity index (χ2v) is 4.39. The van der Waals surface area contributed by atoms with Gasteiger partial charge in [-0.3, -0.25) is 14.6 Å². The Morgan fingerprint density at radius 1 is 1.46 bits per heavy atom. The zero-order chi connectivity index (χ0) is 10.1. The molecule has 0 bridgehead atoms. The number of H-pyrrole nitrogens is 1. The highest BCUT2D eigenvalue weighted by molar-refractivity contribution is 5.05. The van der Waals surface area contributed by atoms with Crippen molar-refractivity contribution in [3.63, 3.8) is 0 Å². The first-order valence-electron chi connectivity index (χ1n) is 4.76. The number of hydrogen-bond acceptors (Lipinski definition) is 1. The van der Waals surface area contributed by atoms with Crippen molar-refractivity contribution in [2.75, 3.05) is 0 Å². The molecule has 1 heterocycles. The number of hydrogen-bond donors (Lipinski definition) is 1. The molecule has 1 rings (SSSR count). The van der Waals surface area contributed by atoms with E-state index in [0.29, 0.717) is 0 Å². The van der Waals surface area contributed by atoms with Crippen LogP contribution in [0.3, 0.4) is 0 Å². The Labute approximate surface area is 78.8 Å². The highest BCUT2D eigenvalue weighted by Crippen LogP contribution is 2.11. The van der Waals surface area contributed by atoms with Crippen LogP contribution in [-0.4, -0.2) is 9.78 Å². The number of rotatable bonds is 2. The van der Waals surface area contributed by atoms with Crippen molar-refractivity contribution < 1.29 is 0 Å². The maximum absolute atomic E-state index is 11.4. The zero-order valence-corrected chi connectivity index (χ0v) is 8.85. The molecule has 0 radical (unpaired) electrons. The summed E-state index contributed by atoms with van der Waals surface area (Å²) in [5.74, 6) is 0. The molecule has 0 atom stereocenters. The van der Waals surface area contributed by atoms with Crippen LogP contribution in [0.4, 0.5) is 0 Å². The summed E-state index contributed by atoms with van der Waals surface area (Å²) < 4.78 is 1.88. The normalized spacial score (nSPS) is 12.0. The first-order chi connectivity index (χ1) is 5.95. The molecule has 3 nitrogen and oxygen atoms in total. The Kier molecular flexibility index (Phi) is 2.64. The molecular weight excluding hydrogens is 164 g/mol. The van der Waals surface area contributed by atoms with Crippen molar-refractivity contribution in [3.8, 4) is 0 Å². The summed E-state index contributed by atoms with van der Waals surface area (Å²) in [4.78, 5) is 11.4. The van der Waals surface area contributed by atoms with Gasteiger partial charge in [0.2, 0.25) is 0 Å². The molecule has 0 unspecified atom stereocenters. The molecule has 0 saturated carbocycles. The van der Waals surface area contributed by atoms with E-state index in [2.05, 4.69) is 32.8 Å². The van der Waals surface area contributed by atoms with Crippen molar-refractivity contribution in [1.82, 2.24) is 9.78 Å². The van der Waals surface area contributed by atoms with Gasteiger partial charge in [0.05, 0.1) is 5.54 Å². The highest BCUT2D eigenvalue weighted by atomic mass is 16.1. The smallest absolute Gasteiger partial charge is 0.267 e. The summed E-state index contributed by atoms with van der Waals surface area (Å²) in [5.41, 5.74) is 0.903. The molecule has 3 heteroatoms. The lowest BCUT2D eigenvalue weighted by atomic mass is 10.1. The van der Waals surface area contributed by atoms with E-state index in [-0.39, 0.29) is 11.1 Å². The predicted molar refractivity (Wildman–Crippen MR) is 54.0 cm³/mol. The summed E-state index contributed by atoms with van der Waals surface area (Å²) >= 11 is 0. The fourth-order valence-corrected chi connectivity index (χ4v) is 1.24. The van der Waals surface area contributed by atoms with E-state index in [9.17, 15) is 4.79 Å². The van der Waals surface area contributed by atoms with E-state index in [0.717, 1.165) is 18.4 Å². The molecule has 1 aromatic rings. The second kappa shape index (κ2) is 3.40. The van der Waals surface area contributed by atoms with Gasteiger partial charge in [-0.2, -0.15) is 0 Å². The number of nitrogens with one attached hydrogen (secondary N) is 1. The van der Waals surface area contributed by atoms with Crippen molar-refractivity contribution in [1.29, 1.82) is 0 Å². The third kappa shape index (κ3) is 2.23. The maximum atomic E-state index is 11.4. The summed E-state index contributed by atoms with van der Waals surface area (Å²) in [5, 5.41) is 2.83. The quantitative estimate of drug-likeness (QED) is 0.745. The average molecular weight is 182 g/mol. The average Bonchev–Trinajstić information content (AvgIpc) is 2.32. The molecule has 0 saturated heterocycles. The Hall–Kier alpha value is -0.990. The van der Waals surface area contributed by atoms with Crippen molar-refractivity contribution in [2.45, 2.75) is 46.1 Å². The van der Waals surface area contributed by atoms with E-state index >= 15 is 0 Å². The van der Waals surface area contributed by atoms with Crippen LogP contribution < -0.4 is 5.56 Å². The van der Waals surface area contributed by atoms with E-state index in [1.807, 2.05) is 10.9 Å². The molecule has 0 fully saturated rings. The first-order valence-corrected chi connectivity index (χ1v) is 4.76. The lowest BCUT2D eigenvalue weighted by Crippen LogP contribution is -2.23. The summed E-state index contributed by atoms with van der Waals surface area (Å²) in [6.07, 6.45) is 3.79. The Balaban J connectivity index is 3.02. The Bertz CT molecular complexity index is 327. The molecule has 0 aromatic carbocycles. The third-order valence-electron chi connectivity index (χ3n) is 2.04. The highest BCUT2D eigenvalue weighted by Gasteiger charge is 2.14. The van der Waals surface area contributed by atoms with Gasteiger partial charge in [-0.25, -0.2) is 0 Å². The van der Waals surface area contributed by atoms with E-state index in [1.54, 1.807) is 0 Å². The van der Waals surface area contributed by atoms with Crippen molar-refractivity contribution >= 4 is 0 Å². The first kappa shape index (κ1) is 10.1. The SMILES string of the molecule is CCCc1cn(C(C)(C)C)[nH]c1=O. The van der Waals surface area contributed by atoms with E-state index < -0.39 is 0 Å². The molecule has 13 heavy (non-hydrogen) atoms. The molecule has 0 amide bonds. The van der Waals surface area contributed by atoms with Crippen LogP contribution in [0.15, 0.2) is 11.0 Å². The van der Waals surface area contributed by atoms with Crippen LogP contribution >= 0.6 is 0 Å². The summed E-state index contributed by atoms with van der Waals surface area (Å²) in [7, 11) is 0. The van der Waals surface area contributed by atoms with Gasteiger partial charge in [-0.15, -0.1) is 0 Å². The maximum Gasteiger partial charge on any atom is 0.267 e. The van der Waals surface area contributed by atoms with Gasteiger partial charge in [-0.05, 0) is 27.2 Å². The molecule has 0 aliphatic heterocycles. The number of aromatic amines is 1. The lowest BCUT2D eigenvalue weighted by Gasteiger charge is -2.19. The number of nitrogens with zero attached hydrogens (tertiary/aromatic N) is 1. The van der Waals surface area contributed by atoms with E-state index in [1.165, 1.54) is 0 Å². The minimum atomic E-state index is -0.0366. The van der Waals surface area contributed by atoms with Gasteiger partial charge in [0.1, 0.15) is 0 Å². The molecule has 0 aliphatic carbocycles. The van der Waals surface area contributed by atoms with Gasteiger partial charge >= 0.3 is 0 Å². The lowest BCUT2D eigenvalue weighted by molar-refractivity contribution is 0.353. The van der Waals surface area contributed by atoms with Crippen LogP contribution in [0.25, 0.3) is 0 Å². The minimum absolute atomic E-state index is 0.0366. The monoisotopic (exact) mass is 182 g/mol. The third-order valence-corrected chi connectivity index (χ3v) is 2.04. The van der Waals surface area contributed by atoms with Crippen LogP contribution in [0.2, 0.25) is 0 Å². The van der Waals surface area contributed by atoms with Gasteiger partial charge in [0.15, 0.2) is 0 Å². The standard InChI is InChI=1S/C10H18N2O/c1-5-6-8-7-12(10(2,3)4)11-9(8)13/h7H,5-6H2,1-4H3,(H,11,13). The van der Waals surface area contributed by atoms with Crippen molar-refractivity contribution in [3.05, 3.63) is 22.1 Å². The van der Waals surface area contributed by atoms with E-state index in [4.69, 9.17) is 0 Å². The zero-order valence-electron chi connectivity index (χ0n) is 8.85. The molecule has 0 aliphatic rings. The van der Waals surface area contributed by atoms with Gasteiger partial charge < -0.3 is 0 Å². The molecule has 1 aromatic heterocycles. The number of aromatic nitrogens is 2. The fourth-order valence-electron chi connectivity index (χ4n) is 1.24. The topological polar surface area (TPSA) is 37.8 Å². The van der Waals surface area contributed by atoms with Gasteiger partial charge in [0, 0.05) is 11.8 Å². The Morgan fingerprint density at radius 2 is 2.08 bits per heavy atom. The molecule has 0 spiro atoms. The molecule has 74 valence electrons. The number of aryl methyl sites for hydroxylation is 1. The molecule has 1 N–H and O–H groups in total. The second-order valence-electron chi connectivity index (χ2n) is 4.39. The van der Waals surface area contributed by atoms with Gasteiger partial charge in [-0.1, -0.05) is 13.3 Å². The Morgan fingerprint density at radius 3 is 2.46 bits per heavy atom. The van der Waals surface area contributed by atoms with Crippen molar-refractivity contribution in [2.24, 2.45) is 0 Å². The van der Waals surface area contributed by atoms with Crippen LogP contribution in [0.1, 0.15) is 39.7 Å². The van der Waals surface area contributed by atoms with Crippen LogP contribution in [0, 0.1) is 0 Å². The fraction of sp³-hybridized carbons (Fsp3) is 0.700. The van der Waals surface area contributed by atoms with Gasteiger partial charge in [0.25, 0.3) is 5.56 Å². The van der Waals surface area contributed by atoms with Crippen LogP contribution in [-0.2, 0) is 12.0 Å². The predicted octanol–water partition coefficient (Wildman–Crippen LogP) is 1.88. The summed E-state index contributed by atoms with van der Waals surface area (Å²) in [6.45, 7) is 8.28. The van der Waals surface area contributed by atoms with Crippen LogP contribution in [0.5, 0.6) is 0 Å². The largest absolute Gasteiger partial charge is 0.287 e. The summed E-state index contributed by atoms with van der Waals surface area (Å²) in [6, 6.07) is 0. The molecular formula is C10H18N2O. The minimum Gasteiger partial charge on any atom is -0.287 e.